The minimum absolute atomic E-state index is 0.109. The molecule has 146 valence electrons. The van der Waals surface area contributed by atoms with Crippen molar-refractivity contribution in [3.05, 3.63) is 51.7 Å². The van der Waals surface area contributed by atoms with E-state index in [9.17, 15) is 19.2 Å². The lowest BCUT2D eigenvalue weighted by Gasteiger charge is -2.38. The van der Waals surface area contributed by atoms with Crippen LogP contribution in [0.3, 0.4) is 0 Å². The van der Waals surface area contributed by atoms with Gasteiger partial charge in [0.05, 0.1) is 41.8 Å². The molecule has 0 unspecified atom stereocenters. The zero-order valence-electron chi connectivity index (χ0n) is 15.3. The third kappa shape index (κ3) is 3.89. The first-order chi connectivity index (χ1) is 13.4. The molecule has 9 heteroatoms. The van der Waals surface area contributed by atoms with Gasteiger partial charge < -0.3 is 19.7 Å². The molecule has 28 heavy (non-hydrogen) atoms. The SMILES string of the molecule is COC(=O)c1ccc(C(=O)OC)c(NC(=O)C2CN(C(=O)c3cccs3)C2)c1. The summed E-state index contributed by atoms with van der Waals surface area (Å²) < 4.78 is 9.39. The third-order valence-electron chi connectivity index (χ3n) is 4.38. The molecule has 1 aromatic heterocycles. The minimum atomic E-state index is -0.644. The molecule has 3 rings (SSSR count). The van der Waals surface area contributed by atoms with Crippen LogP contribution in [0.5, 0.6) is 0 Å². The highest BCUT2D eigenvalue weighted by Gasteiger charge is 2.36. The number of carbonyl (C=O) groups is 4. The summed E-state index contributed by atoms with van der Waals surface area (Å²) in [5, 5.41) is 4.48. The Labute approximate surface area is 165 Å². The lowest BCUT2D eigenvalue weighted by molar-refractivity contribution is -0.123. The summed E-state index contributed by atoms with van der Waals surface area (Å²) in [6.45, 7) is 0.569. The summed E-state index contributed by atoms with van der Waals surface area (Å²) >= 11 is 1.35. The van der Waals surface area contributed by atoms with Crippen LogP contribution in [0.1, 0.15) is 30.4 Å². The van der Waals surface area contributed by atoms with Gasteiger partial charge in [-0.05, 0) is 29.6 Å². The quantitative estimate of drug-likeness (QED) is 0.768. The number of esters is 2. The molecule has 1 aliphatic rings. The second kappa shape index (κ2) is 8.22. The molecule has 1 N–H and O–H groups in total. The number of hydrogen-bond acceptors (Lipinski definition) is 7. The van der Waals surface area contributed by atoms with Crippen LogP contribution in [-0.4, -0.2) is 56.0 Å². The van der Waals surface area contributed by atoms with Gasteiger partial charge >= 0.3 is 11.9 Å². The number of anilines is 1. The predicted molar refractivity (Wildman–Crippen MR) is 101 cm³/mol. The van der Waals surface area contributed by atoms with E-state index in [-0.39, 0.29) is 41.7 Å². The zero-order chi connectivity index (χ0) is 20.3. The van der Waals surface area contributed by atoms with Crippen molar-refractivity contribution in [2.24, 2.45) is 5.92 Å². The monoisotopic (exact) mass is 402 g/mol. The number of carbonyl (C=O) groups excluding carboxylic acids is 4. The molecule has 0 radical (unpaired) electrons. The number of nitrogens with one attached hydrogen (secondary N) is 1. The lowest BCUT2D eigenvalue weighted by atomic mass is 9.98. The fraction of sp³-hybridized carbons (Fsp3) is 0.263. The highest BCUT2D eigenvalue weighted by molar-refractivity contribution is 7.12. The maximum absolute atomic E-state index is 12.5. The van der Waals surface area contributed by atoms with E-state index < -0.39 is 17.9 Å². The first-order valence-corrected chi connectivity index (χ1v) is 9.27. The summed E-state index contributed by atoms with van der Waals surface area (Å²) in [5.41, 5.74) is 0.464. The normalized spacial score (nSPS) is 13.4. The molecule has 8 nitrogen and oxygen atoms in total. The van der Waals surface area contributed by atoms with E-state index >= 15 is 0 Å². The molecule has 0 atom stereocenters. The number of benzene rings is 1. The van der Waals surface area contributed by atoms with Crippen molar-refractivity contribution in [3.8, 4) is 0 Å². The molecule has 0 bridgehead atoms. The summed E-state index contributed by atoms with van der Waals surface area (Å²) in [6, 6.07) is 7.70. The Bertz CT molecular complexity index is 919. The molecular formula is C19H18N2O6S. The molecule has 0 saturated carbocycles. The largest absolute Gasteiger partial charge is 0.465 e. The van der Waals surface area contributed by atoms with Gasteiger partial charge in [-0.15, -0.1) is 11.3 Å². The summed E-state index contributed by atoms with van der Waals surface area (Å²) in [4.78, 5) is 50.7. The Morgan fingerprint density at radius 1 is 1.07 bits per heavy atom. The molecule has 1 aliphatic heterocycles. The Kier molecular flexibility index (Phi) is 5.74. The van der Waals surface area contributed by atoms with Crippen molar-refractivity contribution in [3.63, 3.8) is 0 Å². The molecule has 1 saturated heterocycles. The van der Waals surface area contributed by atoms with Crippen LogP contribution in [0.4, 0.5) is 5.69 Å². The second-order valence-electron chi connectivity index (χ2n) is 6.12. The van der Waals surface area contributed by atoms with Crippen molar-refractivity contribution < 1.29 is 28.7 Å². The van der Waals surface area contributed by atoms with Crippen LogP contribution in [0.25, 0.3) is 0 Å². The van der Waals surface area contributed by atoms with E-state index in [2.05, 4.69) is 10.1 Å². The van der Waals surface area contributed by atoms with Crippen molar-refractivity contribution >= 4 is 40.8 Å². The summed E-state index contributed by atoms with van der Waals surface area (Å²) in [5.74, 6) is -2.10. The molecule has 2 amide bonds. The predicted octanol–water partition coefficient (Wildman–Crippen LogP) is 2.03. The first kappa shape index (κ1) is 19.6. The fourth-order valence-electron chi connectivity index (χ4n) is 2.78. The number of hydrogen-bond donors (Lipinski definition) is 1. The van der Waals surface area contributed by atoms with Crippen LogP contribution in [-0.2, 0) is 14.3 Å². The average Bonchev–Trinajstić information content (AvgIpc) is 3.20. The highest BCUT2D eigenvalue weighted by Crippen LogP contribution is 2.25. The standard InChI is InChI=1S/C19H18N2O6S/c1-26-18(24)11-5-6-13(19(25)27-2)14(8-11)20-16(22)12-9-21(10-12)17(23)15-4-3-7-28-15/h3-8,12H,9-10H2,1-2H3,(H,20,22). The maximum atomic E-state index is 12.5. The third-order valence-corrected chi connectivity index (χ3v) is 5.23. The number of amides is 2. The highest BCUT2D eigenvalue weighted by atomic mass is 32.1. The van der Waals surface area contributed by atoms with Gasteiger partial charge in [-0.1, -0.05) is 6.07 Å². The van der Waals surface area contributed by atoms with E-state index in [4.69, 9.17) is 4.74 Å². The topological polar surface area (TPSA) is 102 Å². The smallest absolute Gasteiger partial charge is 0.339 e. The minimum Gasteiger partial charge on any atom is -0.465 e. The van der Waals surface area contributed by atoms with E-state index in [0.29, 0.717) is 4.88 Å². The molecule has 0 spiro atoms. The Morgan fingerprint density at radius 2 is 1.79 bits per heavy atom. The number of thiophene rings is 1. The van der Waals surface area contributed by atoms with Crippen LogP contribution in [0, 0.1) is 5.92 Å². The van der Waals surface area contributed by atoms with Gasteiger partial charge in [-0.2, -0.15) is 0 Å². The van der Waals surface area contributed by atoms with Crippen LogP contribution < -0.4 is 5.32 Å². The van der Waals surface area contributed by atoms with Crippen LogP contribution >= 0.6 is 11.3 Å². The van der Waals surface area contributed by atoms with Crippen molar-refractivity contribution in [2.45, 2.75) is 0 Å². The van der Waals surface area contributed by atoms with Gasteiger partial charge in [0.25, 0.3) is 5.91 Å². The van der Waals surface area contributed by atoms with Gasteiger partial charge in [-0.25, -0.2) is 9.59 Å². The number of nitrogens with zero attached hydrogens (tertiary/aromatic N) is 1. The molecule has 1 fully saturated rings. The number of likely N-dealkylation sites (tertiary alicyclic amines) is 1. The summed E-state index contributed by atoms with van der Waals surface area (Å²) in [7, 11) is 2.46. The van der Waals surface area contributed by atoms with Crippen molar-refractivity contribution in [2.75, 3.05) is 32.6 Å². The van der Waals surface area contributed by atoms with Gasteiger partial charge in [0.1, 0.15) is 0 Å². The number of ether oxygens (including phenoxy) is 2. The second-order valence-corrected chi connectivity index (χ2v) is 7.06. The van der Waals surface area contributed by atoms with E-state index in [0.717, 1.165) is 0 Å². The molecule has 0 aliphatic carbocycles. The van der Waals surface area contributed by atoms with Gasteiger partial charge in [0.15, 0.2) is 0 Å². The van der Waals surface area contributed by atoms with Crippen LogP contribution in [0.15, 0.2) is 35.7 Å². The molecular weight excluding hydrogens is 384 g/mol. The van der Waals surface area contributed by atoms with Crippen molar-refractivity contribution in [1.29, 1.82) is 0 Å². The molecule has 2 aromatic rings. The summed E-state index contributed by atoms with van der Waals surface area (Å²) in [6.07, 6.45) is 0. The number of methoxy groups -OCH3 is 2. The van der Waals surface area contributed by atoms with E-state index in [1.165, 1.54) is 43.8 Å². The van der Waals surface area contributed by atoms with E-state index in [1.54, 1.807) is 17.0 Å². The van der Waals surface area contributed by atoms with Gasteiger partial charge in [-0.3, -0.25) is 9.59 Å². The van der Waals surface area contributed by atoms with Gasteiger partial charge in [0, 0.05) is 13.1 Å². The first-order valence-electron chi connectivity index (χ1n) is 8.39. The average molecular weight is 402 g/mol. The Morgan fingerprint density at radius 3 is 2.39 bits per heavy atom. The molecule has 1 aromatic carbocycles. The van der Waals surface area contributed by atoms with Crippen LogP contribution in [0.2, 0.25) is 0 Å². The van der Waals surface area contributed by atoms with Crippen molar-refractivity contribution in [1.82, 2.24) is 4.90 Å². The molecule has 2 heterocycles. The van der Waals surface area contributed by atoms with E-state index in [1.807, 2.05) is 5.38 Å². The fourth-order valence-corrected chi connectivity index (χ4v) is 3.47. The van der Waals surface area contributed by atoms with Gasteiger partial charge in [0.2, 0.25) is 5.91 Å². The lowest BCUT2D eigenvalue weighted by Crippen LogP contribution is -2.54. The number of rotatable bonds is 5. The Hall–Kier alpha value is -3.20. The Balaban J connectivity index is 1.70. The zero-order valence-corrected chi connectivity index (χ0v) is 16.1. The maximum Gasteiger partial charge on any atom is 0.339 e.